The molecule has 1 heterocycles. The monoisotopic (exact) mass is 837 g/mol. The van der Waals surface area contributed by atoms with Crippen molar-refractivity contribution in [3.8, 4) is 0 Å². The highest BCUT2D eigenvalue weighted by molar-refractivity contribution is 7.85. The van der Waals surface area contributed by atoms with Crippen LogP contribution in [0.4, 0.5) is 0 Å². The van der Waals surface area contributed by atoms with Crippen LogP contribution in [0.25, 0.3) is 0 Å². The van der Waals surface area contributed by atoms with Crippen molar-refractivity contribution in [2.75, 3.05) is 19.0 Å². The largest absolute Gasteiger partial charge is 0.462 e. The molecule has 4 N–H and O–H groups in total. The smallest absolute Gasteiger partial charge is 0.306 e. The van der Waals surface area contributed by atoms with Crippen LogP contribution in [0.2, 0.25) is 0 Å². The fourth-order valence-corrected chi connectivity index (χ4v) is 8.02. The van der Waals surface area contributed by atoms with Crippen molar-refractivity contribution in [2.45, 2.75) is 250 Å². The van der Waals surface area contributed by atoms with E-state index in [4.69, 9.17) is 18.9 Å². The molecule has 57 heavy (non-hydrogen) atoms. The van der Waals surface area contributed by atoms with Crippen molar-refractivity contribution in [3.05, 3.63) is 0 Å². The number of carbonyl (C=O) groups excluding carboxylic acids is 2. The molecule has 0 aliphatic carbocycles. The first-order chi connectivity index (χ1) is 27.5. The molecule has 338 valence electrons. The van der Waals surface area contributed by atoms with Gasteiger partial charge < -0.3 is 34.3 Å². The fraction of sp³-hybridized carbons (Fsp3) is 0.955. The number of esters is 2. The average molecular weight is 837 g/mol. The minimum atomic E-state index is -4.60. The van der Waals surface area contributed by atoms with Crippen LogP contribution in [0.15, 0.2) is 0 Å². The number of hydrogen-bond acceptors (Lipinski definition) is 11. The molecular formula is C44H84O12S. The zero-order valence-electron chi connectivity index (χ0n) is 36.0. The Morgan fingerprint density at radius 1 is 0.526 bits per heavy atom. The lowest BCUT2D eigenvalue weighted by molar-refractivity contribution is -0.297. The Labute approximate surface area is 346 Å². The standard InChI is InChI=1S/C44H84O12S/c1-3-5-7-9-11-13-15-17-19-21-22-24-26-28-30-32-39(45)53-34-37(35-54-44-43(49)42(48)41(47)38(56-44)36-57(50,51)52)55-40(46)33-31-29-27-25-23-20-18-16-14-12-10-8-6-4-2/h37-38,41-44,47-49H,3-36H2,1-2H3,(H,50,51,52)/t37-,38-,41-,42?,43?,44+/m1/s1. The van der Waals surface area contributed by atoms with Crippen molar-refractivity contribution in [1.29, 1.82) is 0 Å². The molecule has 0 aromatic rings. The highest BCUT2D eigenvalue weighted by Gasteiger charge is 2.46. The van der Waals surface area contributed by atoms with Gasteiger partial charge in [0, 0.05) is 12.8 Å². The highest BCUT2D eigenvalue weighted by atomic mass is 32.2. The van der Waals surface area contributed by atoms with Crippen LogP contribution in [0.5, 0.6) is 0 Å². The third-order valence-electron chi connectivity index (χ3n) is 10.9. The lowest BCUT2D eigenvalue weighted by Gasteiger charge is -2.40. The second kappa shape index (κ2) is 35.4. The van der Waals surface area contributed by atoms with Crippen molar-refractivity contribution in [2.24, 2.45) is 0 Å². The SMILES string of the molecule is CCCCCCCCCCCCCCCCCC(=O)OC[C@H](CO[C@H]1O[C@H](CS(=O)(=O)O)[C@@H](O)C(O)C1O)OC(=O)CCCCCCCCCCCCCCCC. The first kappa shape index (κ1) is 53.7. The van der Waals surface area contributed by atoms with E-state index in [1.165, 1.54) is 135 Å². The maximum atomic E-state index is 12.8. The van der Waals surface area contributed by atoms with Crippen LogP contribution in [-0.4, -0.2) is 96.0 Å². The number of unbranched alkanes of at least 4 members (excludes halogenated alkanes) is 27. The lowest BCUT2D eigenvalue weighted by atomic mass is 10.00. The molecule has 0 aromatic carbocycles. The molecule has 1 aliphatic heterocycles. The van der Waals surface area contributed by atoms with E-state index in [1.54, 1.807) is 0 Å². The van der Waals surface area contributed by atoms with Crippen LogP contribution < -0.4 is 0 Å². The molecule has 1 saturated heterocycles. The summed E-state index contributed by atoms with van der Waals surface area (Å²) in [5.74, 6) is -1.96. The van der Waals surface area contributed by atoms with Gasteiger partial charge in [-0.05, 0) is 12.8 Å². The zero-order chi connectivity index (χ0) is 42.0. The van der Waals surface area contributed by atoms with E-state index in [0.29, 0.717) is 12.8 Å². The predicted molar refractivity (Wildman–Crippen MR) is 224 cm³/mol. The summed E-state index contributed by atoms with van der Waals surface area (Å²) in [4.78, 5) is 25.4. The van der Waals surface area contributed by atoms with E-state index in [-0.39, 0.29) is 19.4 Å². The van der Waals surface area contributed by atoms with E-state index in [9.17, 15) is 37.9 Å². The number of carbonyl (C=O) groups is 2. The van der Waals surface area contributed by atoms with Crippen LogP contribution in [-0.2, 0) is 38.7 Å². The van der Waals surface area contributed by atoms with Gasteiger partial charge in [-0.1, -0.05) is 187 Å². The van der Waals surface area contributed by atoms with E-state index in [1.807, 2.05) is 0 Å². The molecule has 0 radical (unpaired) electrons. The summed E-state index contributed by atoms with van der Waals surface area (Å²) in [6.07, 6.45) is 25.7. The Morgan fingerprint density at radius 3 is 1.28 bits per heavy atom. The molecule has 12 nitrogen and oxygen atoms in total. The minimum Gasteiger partial charge on any atom is -0.462 e. The van der Waals surface area contributed by atoms with Gasteiger partial charge in [0.25, 0.3) is 10.1 Å². The molecule has 2 unspecified atom stereocenters. The number of hydrogen-bond donors (Lipinski definition) is 4. The molecule has 1 aliphatic rings. The van der Waals surface area contributed by atoms with Gasteiger partial charge >= 0.3 is 11.9 Å². The van der Waals surface area contributed by atoms with Crippen molar-refractivity contribution in [3.63, 3.8) is 0 Å². The molecular weight excluding hydrogens is 753 g/mol. The second-order valence-electron chi connectivity index (χ2n) is 16.4. The second-order valence-corrected chi connectivity index (χ2v) is 17.9. The van der Waals surface area contributed by atoms with E-state index in [0.717, 1.165) is 38.5 Å². The minimum absolute atomic E-state index is 0.172. The Morgan fingerprint density at radius 2 is 0.895 bits per heavy atom. The van der Waals surface area contributed by atoms with E-state index in [2.05, 4.69) is 13.8 Å². The Bertz CT molecular complexity index is 1070. The molecule has 0 saturated carbocycles. The number of aliphatic hydroxyl groups is 3. The highest BCUT2D eigenvalue weighted by Crippen LogP contribution is 2.24. The van der Waals surface area contributed by atoms with Gasteiger partial charge in [0.05, 0.1) is 6.61 Å². The predicted octanol–water partition coefficient (Wildman–Crippen LogP) is 9.29. The first-order valence-electron chi connectivity index (χ1n) is 23.1. The summed E-state index contributed by atoms with van der Waals surface area (Å²) in [7, 11) is -4.60. The molecule has 0 bridgehead atoms. The maximum absolute atomic E-state index is 12.8. The van der Waals surface area contributed by atoms with Gasteiger partial charge in [-0.3, -0.25) is 14.1 Å². The molecule has 1 rings (SSSR count). The van der Waals surface area contributed by atoms with Crippen LogP contribution in [0, 0.1) is 0 Å². The molecule has 0 amide bonds. The number of aliphatic hydroxyl groups excluding tert-OH is 3. The van der Waals surface area contributed by atoms with Gasteiger partial charge in [-0.25, -0.2) is 0 Å². The van der Waals surface area contributed by atoms with Crippen LogP contribution >= 0.6 is 0 Å². The molecule has 1 fully saturated rings. The third kappa shape index (κ3) is 30.4. The van der Waals surface area contributed by atoms with Gasteiger partial charge in [0.2, 0.25) is 0 Å². The Hall–Kier alpha value is -1.35. The fourth-order valence-electron chi connectivity index (χ4n) is 7.33. The Kier molecular flexibility index (Phi) is 33.3. The summed E-state index contributed by atoms with van der Waals surface area (Å²) < 4.78 is 54.1. The first-order valence-corrected chi connectivity index (χ1v) is 24.7. The summed E-state index contributed by atoms with van der Waals surface area (Å²) in [5.41, 5.74) is 0. The third-order valence-corrected chi connectivity index (χ3v) is 11.7. The van der Waals surface area contributed by atoms with Gasteiger partial charge in [-0.2, -0.15) is 8.42 Å². The topological polar surface area (TPSA) is 186 Å². The van der Waals surface area contributed by atoms with Crippen molar-refractivity contribution in [1.82, 2.24) is 0 Å². The van der Waals surface area contributed by atoms with Crippen molar-refractivity contribution < 1.29 is 56.8 Å². The summed E-state index contributed by atoms with van der Waals surface area (Å²) in [5, 5.41) is 30.9. The summed E-state index contributed by atoms with van der Waals surface area (Å²) >= 11 is 0. The summed E-state index contributed by atoms with van der Waals surface area (Å²) in [6, 6.07) is 0. The quantitative estimate of drug-likeness (QED) is 0.0262. The Balaban J connectivity index is 2.42. The zero-order valence-corrected chi connectivity index (χ0v) is 36.8. The van der Waals surface area contributed by atoms with Crippen molar-refractivity contribution >= 4 is 22.1 Å². The van der Waals surface area contributed by atoms with Crippen LogP contribution in [0.3, 0.4) is 0 Å². The van der Waals surface area contributed by atoms with Crippen LogP contribution in [0.1, 0.15) is 213 Å². The lowest BCUT2D eigenvalue weighted by Crippen LogP contribution is -2.60. The number of ether oxygens (including phenoxy) is 4. The van der Waals surface area contributed by atoms with E-state index < -0.39 is 71.2 Å². The molecule has 0 aromatic heterocycles. The summed E-state index contributed by atoms with van der Waals surface area (Å²) in [6.45, 7) is 3.78. The molecule has 6 atom stereocenters. The van der Waals surface area contributed by atoms with Gasteiger partial charge in [0.1, 0.15) is 36.8 Å². The van der Waals surface area contributed by atoms with Gasteiger partial charge in [0.15, 0.2) is 12.4 Å². The number of rotatable bonds is 39. The van der Waals surface area contributed by atoms with E-state index >= 15 is 0 Å². The maximum Gasteiger partial charge on any atom is 0.306 e. The molecule has 0 spiro atoms. The van der Waals surface area contributed by atoms with Gasteiger partial charge in [-0.15, -0.1) is 0 Å². The molecule has 13 heteroatoms. The average Bonchev–Trinajstić information content (AvgIpc) is 3.17. The normalized spacial score (nSPS) is 20.4.